The molecule has 126 valence electrons. The Bertz CT molecular complexity index is 961. The van der Waals surface area contributed by atoms with E-state index in [9.17, 15) is 5.26 Å². The predicted molar refractivity (Wildman–Crippen MR) is 96.3 cm³/mol. The number of imidazole rings is 1. The van der Waals surface area contributed by atoms with Crippen molar-refractivity contribution >= 4 is 17.0 Å². The number of nitrogens with zero attached hydrogens (tertiary/aromatic N) is 6. The summed E-state index contributed by atoms with van der Waals surface area (Å²) in [4.78, 5) is 21.7. The molecule has 1 aliphatic rings. The number of hydrogen-bond acceptors (Lipinski definition) is 6. The van der Waals surface area contributed by atoms with Crippen molar-refractivity contribution in [3.63, 3.8) is 0 Å². The van der Waals surface area contributed by atoms with Crippen LogP contribution in [0.15, 0.2) is 24.3 Å². The third-order valence-corrected chi connectivity index (χ3v) is 4.55. The zero-order chi connectivity index (χ0) is 17.4. The monoisotopic (exact) mass is 333 g/mol. The van der Waals surface area contributed by atoms with Crippen molar-refractivity contribution in [1.82, 2.24) is 24.8 Å². The summed E-state index contributed by atoms with van der Waals surface area (Å²) in [6.45, 7) is 5.73. The number of rotatable bonds is 2. The molecule has 3 aromatic rings. The second kappa shape index (κ2) is 6.15. The van der Waals surface area contributed by atoms with Gasteiger partial charge in [-0.05, 0) is 26.1 Å². The molecule has 1 aromatic carbocycles. The van der Waals surface area contributed by atoms with Crippen LogP contribution in [0.1, 0.15) is 11.4 Å². The number of H-pyrrole nitrogens is 1. The van der Waals surface area contributed by atoms with Gasteiger partial charge >= 0.3 is 0 Å². The number of aryl methyl sites for hydroxylation is 1. The zero-order valence-electron chi connectivity index (χ0n) is 14.3. The summed E-state index contributed by atoms with van der Waals surface area (Å²) in [5, 5.41) is 9.35. The molecule has 25 heavy (non-hydrogen) atoms. The normalized spacial score (nSPS) is 15.5. The Morgan fingerprint density at radius 2 is 1.84 bits per heavy atom. The second-order valence-electron chi connectivity index (χ2n) is 6.33. The maximum atomic E-state index is 9.35. The summed E-state index contributed by atoms with van der Waals surface area (Å²) in [6.07, 6.45) is 0. The molecule has 1 fully saturated rings. The molecule has 0 radical (unpaired) electrons. The van der Waals surface area contributed by atoms with Gasteiger partial charge in [0, 0.05) is 31.7 Å². The predicted octanol–water partition coefficient (Wildman–Crippen LogP) is 1.95. The molecule has 0 spiro atoms. The van der Waals surface area contributed by atoms with Crippen LogP contribution in [-0.2, 0) is 0 Å². The lowest BCUT2D eigenvalue weighted by Crippen LogP contribution is -2.45. The fourth-order valence-electron chi connectivity index (χ4n) is 3.15. The molecular weight excluding hydrogens is 314 g/mol. The van der Waals surface area contributed by atoms with Gasteiger partial charge in [0.25, 0.3) is 0 Å². The lowest BCUT2D eigenvalue weighted by Gasteiger charge is -2.33. The van der Waals surface area contributed by atoms with Crippen molar-refractivity contribution in [2.75, 3.05) is 38.1 Å². The highest BCUT2D eigenvalue weighted by Crippen LogP contribution is 2.28. The number of piperazine rings is 1. The summed E-state index contributed by atoms with van der Waals surface area (Å²) in [7, 11) is 2.13. The first-order valence-electron chi connectivity index (χ1n) is 8.33. The van der Waals surface area contributed by atoms with Gasteiger partial charge in [-0.2, -0.15) is 5.26 Å². The molecule has 0 saturated carbocycles. The highest BCUT2D eigenvalue weighted by molar-refractivity contribution is 5.87. The van der Waals surface area contributed by atoms with Gasteiger partial charge in [-0.3, -0.25) is 0 Å². The first kappa shape index (κ1) is 15.5. The molecule has 0 unspecified atom stereocenters. The smallest absolute Gasteiger partial charge is 0.183 e. The Hall–Kier alpha value is -2.98. The van der Waals surface area contributed by atoms with Crippen LogP contribution in [0, 0.1) is 18.3 Å². The number of aromatic nitrogens is 4. The standard InChI is InChI=1S/C18H19N7/c1-12-20-17-15(18(21-12)25-9-7-24(2)8-10-25)22-16(23-17)14-6-4-3-5-13(14)11-19/h3-6H,7-10H2,1-2H3,(H,20,21,22,23). The van der Waals surface area contributed by atoms with Crippen LogP contribution in [0.3, 0.4) is 0 Å². The lowest BCUT2D eigenvalue weighted by molar-refractivity contribution is 0.312. The number of anilines is 1. The van der Waals surface area contributed by atoms with Gasteiger partial charge in [0.1, 0.15) is 17.2 Å². The Balaban J connectivity index is 1.83. The van der Waals surface area contributed by atoms with Gasteiger partial charge in [0.2, 0.25) is 0 Å². The molecule has 0 aliphatic carbocycles. The van der Waals surface area contributed by atoms with E-state index < -0.39 is 0 Å². The average molecular weight is 333 g/mol. The highest BCUT2D eigenvalue weighted by Gasteiger charge is 2.21. The number of aromatic amines is 1. The number of fused-ring (bicyclic) bond motifs is 1. The van der Waals surface area contributed by atoms with Gasteiger partial charge in [-0.25, -0.2) is 15.0 Å². The van der Waals surface area contributed by atoms with E-state index >= 15 is 0 Å². The Kier molecular flexibility index (Phi) is 3.82. The minimum absolute atomic E-state index is 0.590. The first-order chi connectivity index (χ1) is 12.2. The van der Waals surface area contributed by atoms with Crippen molar-refractivity contribution in [3.8, 4) is 17.5 Å². The first-order valence-corrected chi connectivity index (χ1v) is 8.33. The SMILES string of the molecule is Cc1nc(N2CCN(C)CC2)c2[nH]c(-c3ccccc3C#N)nc2n1. The van der Waals surface area contributed by atoms with E-state index in [1.807, 2.05) is 25.1 Å². The number of hydrogen-bond donors (Lipinski definition) is 1. The number of nitriles is 1. The third-order valence-electron chi connectivity index (χ3n) is 4.55. The molecule has 7 heteroatoms. The Morgan fingerprint density at radius 3 is 2.60 bits per heavy atom. The van der Waals surface area contributed by atoms with Crippen LogP contribution < -0.4 is 4.90 Å². The summed E-state index contributed by atoms with van der Waals surface area (Å²) in [6, 6.07) is 9.66. The van der Waals surface area contributed by atoms with Gasteiger partial charge in [0.15, 0.2) is 11.5 Å². The molecule has 1 saturated heterocycles. The topological polar surface area (TPSA) is 84.7 Å². The Morgan fingerprint density at radius 1 is 1.08 bits per heavy atom. The molecule has 2 aromatic heterocycles. The summed E-state index contributed by atoms with van der Waals surface area (Å²) in [5.41, 5.74) is 2.85. The quantitative estimate of drug-likeness (QED) is 0.771. The maximum Gasteiger partial charge on any atom is 0.183 e. The van der Waals surface area contributed by atoms with Crippen molar-refractivity contribution < 1.29 is 0 Å². The molecule has 1 aliphatic heterocycles. The fourth-order valence-corrected chi connectivity index (χ4v) is 3.15. The fraction of sp³-hybridized carbons (Fsp3) is 0.333. The van der Waals surface area contributed by atoms with Crippen LogP contribution >= 0.6 is 0 Å². The molecule has 4 rings (SSSR count). The minimum Gasteiger partial charge on any atom is -0.352 e. The van der Waals surface area contributed by atoms with E-state index in [4.69, 9.17) is 0 Å². The molecule has 0 bridgehead atoms. The molecule has 7 nitrogen and oxygen atoms in total. The van der Waals surface area contributed by atoms with Crippen LogP contribution in [0.2, 0.25) is 0 Å². The Labute approximate surface area is 145 Å². The lowest BCUT2D eigenvalue weighted by atomic mass is 10.1. The van der Waals surface area contributed by atoms with Crippen LogP contribution in [0.4, 0.5) is 5.82 Å². The molecular formula is C18H19N7. The largest absolute Gasteiger partial charge is 0.352 e. The van der Waals surface area contributed by atoms with Crippen molar-refractivity contribution in [1.29, 1.82) is 5.26 Å². The number of likely N-dealkylation sites (N-methyl/N-ethyl adjacent to an activating group) is 1. The summed E-state index contributed by atoms with van der Waals surface area (Å²) < 4.78 is 0. The maximum absolute atomic E-state index is 9.35. The molecule has 3 heterocycles. The summed E-state index contributed by atoms with van der Waals surface area (Å²) in [5.74, 6) is 2.25. The van der Waals surface area contributed by atoms with E-state index in [0.717, 1.165) is 43.1 Å². The van der Waals surface area contributed by atoms with Gasteiger partial charge in [0.05, 0.1) is 11.6 Å². The van der Waals surface area contributed by atoms with E-state index in [-0.39, 0.29) is 0 Å². The third kappa shape index (κ3) is 2.81. The van der Waals surface area contributed by atoms with Gasteiger partial charge in [-0.1, -0.05) is 12.1 Å². The molecule has 0 amide bonds. The van der Waals surface area contributed by atoms with Crippen molar-refractivity contribution in [2.45, 2.75) is 6.92 Å². The van der Waals surface area contributed by atoms with Gasteiger partial charge in [-0.15, -0.1) is 0 Å². The van der Waals surface area contributed by atoms with Crippen LogP contribution in [0.5, 0.6) is 0 Å². The van der Waals surface area contributed by atoms with Gasteiger partial charge < -0.3 is 14.8 Å². The van der Waals surface area contributed by atoms with E-state index in [1.165, 1.54) is 0 Å². The van der Waals surface area contributed by atoms with E-state index in [2.05, 4.69) is 42.9 Å². The number of nitrogens with one attached hydrogen (secondary N) is 1. The van der Waals surface area contributed by atoms with Crippen molar-refractivity contribution in [2.24, 2.45) is 0 Å². The van der Waals surface area contributed by atoms with E-state index in [1.54, 1.807) is 6.07 Å². The average Bonchev–Trinajstić information content (AvgIpc) is 3.05. The molecule has 1 N–H and O–H groups in total. The summed E-state index contributed by atoms with van der Waals surface area (Å²) >= 11 is 0. The van der Waals surface area contributed by atoms with Crippen LogP contribution in [-0.4, -0.2) is 58.1 Å². The zero-order valence-corrected chi connectivity index (χ0v) is 14.3. The molecule has 0 atom stereocenters. The number of benzene rings is 1. The van der Waals surface area contributed by atoms with Crippen molar-refractivity contribution in [3.05, 3.63) is 35.7 Å². The highest BCUT2D eigenvalue weighted by atomic mass is 15.3. The van der Waals surface area contributed by atoms with Crippen LogP contribution in [0.25, 0.3) is 22.6 Å². The van der Waals surface area contributed by atoms with E-state index in [0.29, 0.717) is 22.9 Å². The second-order valence-corrected chi connectivity index (χ2v) is 6.33. The minimum atomic E-state index is 0.590.